The molecule has 1 aliphatic heterocycles. The molecular weight excluding hydrogens is 383 g/mol. The summed E-state index contributed by atoms with van der Waals surface area (Å²) in [7, 11) is 0. The van der Waals surface area contributed by atoms with Crippen LogP contribution < -0.4 is 15.5 Å². The van der Waals surface area contributed by atoms with Crippen molar-refractivity contribution in [3.8, 4) is 0 Å². The molecule has 7 heteroatoms. The number of nitrogens with one attached hydrogen (secondary N) is 2. The van der Waals surface area contributed by atoms with Crippen LogP contribution in [-0.4, -0.2) is 48.6 Å². The van der Waals surface area contributed by atoms with Gasteiger partial charge in [0.25, 0.3) is 5.91 Å². The maximum atomic E-state index is 13.1. The number of carbonyl (C=O) groups is 2. The molecular formula is C23H29FN4O2. The lowest BCUT2D eigenvalue weighted by atomic mass is 10.0. The summed E-state index contributed by atoms with van der Waals surface area (Å²) in [5, 5.41) is 5.88. The van der Waals surface area contributed by atoms with Gasteiger partial charge in [-0.2, -0.15) is 0 Å². The summed E-state index contributed by atoms with van der Waals surface area (Å²) in [6.45, 7) is 8.52. The molecule has 160 valence electrons. The molecule has 30 heavy (non-hydrogen) atoms. The fraction of sp³-hybridized carbons (Fsp3) is 0.391. The van der Waals surface area contributed by atoms with E-state index in [0.717, 1.165) is 12.1 Å². The average Bonchev–Trinajstić information content (AvgIpc) is 2.74. The molecule has 1 heterocycles. The lowest BCUT2D eigenvalue weighted by Gasteiger charge is -2.36. The van der Waals surface area contributed by atoms with E-state index in [9.17, 15) is 14.0 Å². The van der Waals surface area contributed by atoms with Crippen molar-refractivity contribution in [2.75, 3.05) is 36.4 Å². The van der Waals surface area contributed by atoms with Crippen molar-refractivity contribution >= 4 is 23.3 Å². The Labute approximate surface area is 177 Å². The largest absolute Gasteiger partial charge is 0.368 e. The second kappa shape index (κ2) is 9.15. The van der Waals surface area contributed by atoms with Gasteiger partial charge in [-0.1, -0.05) is 6.92 Å². The Bertz CT molecular complexity index is 873. The summed E-state index contributed by atoms with van der Waals surface area (Å²) >= 11 is 0. The molecule has 6 nitrogen and oxygen atoms in total. The topological polar surface area (TPSA) is 64.7 Å². The van der Waals surface area contributed by atoms with Crippen molar-refractivity contribution in [1.29, 1.82) is 0 Å². The summed E-state index contributed by atoms with van der Waals surface area (Å²) in [4.78, 5) is 28.8. The van der Waals surface area contributed by atoms with Gasteiger partial charge in [0.2, 0.25) is 0 Å². The highest BCUT2D eigenvalue weighted by Gasteiger charge is 2.22. The third-order valence-corrected chi connectivity index (χ3v) is 5.49. The van der Waals surface area contributed by atoms with Crippen molar-refractivity contribution in [2.24, 2.45) is 0 Å². The van der Waals surface area contributed by atoms with E-state index in [0.29, 0.717) is 37.4 Å². The maximum Gasteiger partial charge on any atom is 0.321 e. The predicted molar refractivity (Wildman–Crippen MR) is 117 cm³/mol. The Morgan fingerprint density at radius 3 is 2.13 bits per heavy atom. The first kappa shape index (κ1) is 21.6. The number of halogens is 1. The Kier molecular flexibility index (Phi) is 6.59. The van der Waals surface area contributed by atoms with Gasteiger partial charge in [0.05, 0.1) is 0 Å². The number of benzene rings is 2. The first-order chi connectivity index (χ1) is 14.3. The zero-order valence-corrected chi connectivity index (χ0v) is 17.7. The Morgan fingerprint density at radius 1 is 0.967 bits per heavy atom. The Morgan fingerprint density at radius 2 is 1.57 bits per heavy atom. The van der Waals surface area contributed by atoms with Crippen LogP contribution in [0.3, 0.4) is 0 Å². The summed E-state index contributed by atoms with van der Waals surface area (Å²) in [5.41, 5.74) is 1.89. The van der Waals surface area contributed by atoms with Gasteiger partial charge >= 0.3 is 6.03 Å². The molecule has 1 fully saturated rings. The summed E-state index contributed by atoms with van der Waals surface area (Å²) in [5.74, 6) is -0.383. The van der Waals surface area contributed by atoms with Crippen LogP contribution in [0.15, 0.2) is 48.5 Å². The van der Waals surface area contributed by atoms with E-state index in [2.05, 4.69) is 15.5 Å². The molecule has 2 N–H and O–H groups in total. The molecule has 0 atom stereocenters. The quantitative estimate of drug-likeness (QED) is 0.777. The van der Waals surface area contributed by atoms with E-state index >= 15 is 0 Å². The number of anilines is 2. The monoisotopic (exact) mass is 412 g/mol. The maximum absolute atomic E-state index is 13.1. The molecule has 0 radical (unpaired) electrons. The minimum atomic E-state index is -0.264. The smallest absolute Gasteiger partial charge is 0.321 e. The van der Waals surface area contributed by atoms with Gasteiger partial charge in [-0.25, -0.2) is 9.18 Å². The van der Waals surface area contributed by atoms with Gasteiger partial charge in [0, 0.05) is 48.7 Å². The molecule has 0 bridgehead atoms. The second-order valence-corrected chi connectivity index (χ2v) is 8.15. The van der Waals surface area contributed by atoms with Crippen LogP contribution in [0.2, 0.25) is 0 Å². The molecule has 3 rings (SSSR count). The molecule has 0 aliphatic carbocycles. The van der Waals surface area contributed by atoms with Crippen LogP contribution in [0, 0.1) is 5.82 Å². The van der Waals surface area contributed by atoms with E-state index in [-0.39, 0.29) is 23.3 Å². The van der Waals surface area contributed by atoms with Crippen LogP contribution in [0.25, 0.3) is 0 Å². The van der Waals surface area contributed by atoms with Crippen molar-refractivity contribution in [3.05, 3.63) is 59.9 Å². The Balaban J connectivity index is 1.51. The number of carbonyl (C=O) groups excluding carboxylic acids is 2. The molecule has 1 aliphatic rings. The number of urea groups is 1. The van der Waals surface area contributed by atoms with Gasteiger partial charge in [-0.05, 0) is 68.8 Å². The van der Waals surface area contributed by atoms with Crippen molar-refractivity contribution < 1.29 is 14.0 Å². The molecule has 0 spiro atoms. The lowest BCUT2D eigenvalue weighted by molar-refractivity contribution is 0.0911. The Hall–Kier alpha value is -3.09. The van der Waals surface area contributed by atoms with Crippen molar-refractivity contribution in [2.45, 2.75) is 32.7 Å². The highest BCUT2D eigenvalue weighted by Crippen LogP contribution is 2.18. The average molecular weight is 413 g/mol. The van der Waals surface area contributed by atoms with Gasteiger partial charge in [-0.15, -0.1) is 0 Å². The van der Waals surface area contributed by atoms with E-state index in [1.807, 2.05) is 20.8 Å². The molecule has 0 unspecified atom stereocenters. The van der Waals surface area contributed by atoms with Gasteiger partial charge in [-0.3, -0.25) is 4.79 Å². The van der Waals surface area contributed by atoms with E-state index in [4.69, 9.17) is 0 Å². The summed E-state index contributed by atoms with van der Waals surface area (Å²) in [6.07, 6.45) is 0.835. The van der Waals surface area contributed by atoms with Gasteiger partial charge in [0.1, 0.15) is 5.82 Å². The molecule has 0 aromatic heterocycles. The van der Waals surface area contributed by atoms with Crippen LogP contribution in [0.4, 0.5) is 20.6 Å². The number of hydrogen-bond acceptors (Lipinski definition) is 3. The van der Waals surface area contributed by atoms with Crippen LogP contribution in [-0.2, 0) is 0 Å². The molecule has 3 amide bonds. The number of piperazine rings is 1. The molecule has 1 saturated heterocycles. The van der Waals surface area contributed by atoms with Crippen molar-refractivity contribution in [3.63, 3.8) is 0 Å². The molecule has 2 aromatic rings. The number of hydrogen-bond donors (Lipinski definition) is 2. The fourth-order valence-corrected chi connectivity index (χ4v) is 3.20. The van der Waals surface area contributed by atoms with Crippen LogP contribution in [0.5, 0.6) is 0 Å². The molecule has 2 aromatic carbocycles. The zero-order valence-electron chi connectivity index (χ0n) is 17.7. The third-order valence-electron chi connectivity index (χ3n) is 5.49. The van der Waals surface area contributed by atoms with E-state index in [1.54, 1.807) is 41.3 Å². The first-order valence-electron chi connectivity index (χ1n) is 10.3. The highest BCUT2D eigenvalue weighted by molar-refractivity contribution is 5.96. The van der Waals surface area contributed by atoms with Crippen LogP contribution >= 0.6 is 0 Å². The van der Waals surface area contributed by atoms with Gasteiger partial charge < -0.3 is 20.4 Å². The van der Waals surface area contributed by atoms with Crippen LogP contribution in [0.1, 0.15) is 37.6 Å². The van der Waals surface area contributed by atoms with E-state index in [1.165, 1.54) is 12.1 Å². The SMILES string of the molecule is CCC(C)(C)NC(=O)c1ccc(NC(=O)N2CCN(c3ccc(F)cc3)CC2)cc1. The number of amides is 3. The summed E-state index contributed by atoms with van der Waals surface area (Å²) in [6, 6.07) is 13.1. The normalized spacial score (nSPS) is 14.4. The number of rotatable bonds is 5. The standard InChI is InChI=1S/C23H29FN4O2/c1-4-23(2,3)26-21(29)17-5-9-19(10-6-17)25-22(30)28-15-13-27(14-16-28)20-11-7-18(24)8-12-20/h5-12H,4,13-16H2,1-3H3,(H,25,30)(H,26,29). The lowest BCUT2D eigenvalue weighted by Crippen LogP contribution is -2.50. The summed E-state index contributed by atoms with van der Waals surface area (Å²) < 4.78 is 13.1. The second-order valence-electron chi connectivity index (χ2n) is 8.15. The highest BCUT2D eigenvalue weighted by atomic mass is 19.1. The first-order valence-corrected chi connectivity index (χ1v) is 10.3. The van der Waals surface area contributed by atoms with Gasteiger partial charge in [0.15, 0.2) is 0 Å². The zero-order chi connectivity index (χ0) is 21.7. The van der Waals surface area contributed by atoms with E-state index < -0.39 is 0 Å². The fourth-order valence-electron chi connectivity index (χ4n) is 3.20. The van der Waals surface area contributed by atoms with Crippen molar-refractivity contribution in [1.82, 2.24) is 10.2 Å². The number of nitrogens with zero attached hydrogens (tertiary/aromatic N) is 2. The molecule has 0 saturated carbocycles. The minimum absolute atomic E-state index is 0.128. The predicted octanol–water partition coefficient (Wildman–Crippen LogP) is 4.10. The third kappa shape index (κ3) is 5.49. The minimum Gasteiger partial charge on any atom is -0.368 e.